The average molecular weight is 375 g/mol. The summed E-state index contributed by atoms with van der Waals surface area (Å²) in [5.74, 6) is -0.853. The Bertz CT molecular complexity index is 815. The van der Waals surface area contributed by atoms with Gasteiger partial charge in [0.25, 0.3) is 5.91 Å². The van der Waals surface area contributed by atoms with Gasteiger partial charge >= 0.3 is 0 Å². The maximum atomic E-state index is 13.0. The van der Waals surface area contributed by atoms with Gasteiger partial charge in [-0.25, -0.2) is 4.39 Å². The number of halogens is 2. The van der Waals surface area contributed by atoms with E-state index in [1.165, 1.54) is 24.3 Å². The van der Waals surface area contributed by atoms with Crippen molar-refractivity contribution >= 4 is 29.0 Å². The van der Waals surface area contributed by atoms with Crippen molar-refractivity contribution in [1.29, 1.82) is 0 Å². The smallest absolute Gasteiger partial charge is 0.255 e. The number of hydrogen-bond acceptors (Lipinski definition) is 3. The molecule has 1 saturated heterocycles. The van der Waals surface area contributed by atoms with E-state index in [-0.39, 0.29) is 16.7 Å². The largest absolute Gasteiger partial charge is 0.321 e. The SMILES string of the molecule is CN1CCC(C(=O)c2cccc(NC(=O)c3ccc(F)cc3)c2Cl)CC1. The third-order valence-electron chi connectivity index (χ3n) is 4.71. The Morgan fingerprint density at radius 1 is 1.12 bits per heavy atom. The summed E-state index contributed by atoms with van der Waals surface area (Å²) in [5.41, 5.74) is 1.12. The molecule has 0 spiro atoms. The van der Waals surface area contributed by atoms with E-state index in [0.29, 0.717) is 16.8 Å². The minimum absolute atomic E-state index is 0.0148. The van der Waals surface area contributed by atoms with Crippen molar-refractivity contribution in [3.63, 3.8) is 0 Å². The average Bonchev–Trinajstić information content (AvgIpc) is 2.64. The second-order valence-electron chi connectivity index (χ2n) is 6.57. The van der Waals surface area contributed by atoms with E-state index in [1.807, 2.05) is 7.05 Å². The molecule has 2 aromatic carbocycles. The van der Waals surface area contributed by atoms with Crippen molar-refractivity contribution < 1.29 is 14.0 Å². The van der Waals surface area contributed by atoms with Gasteiger partial charge in [0.15, 0.2) is 5.78 Å². The molecule has 1 aliphatic rings. The van der Waals surface area contributed by atoms with Crippen LogP contribution in [0, 0.1) is 11.7 Å². The Morgan fingerprint density at radius 2 is 1.77 bits per heavy atom. The molecular weight excluding hydrogens is 355 g/mol. The van der Waals surface area contributed by atoms with E-state index < -0.39 is 11.7 Å². The predicted octanol–water partition coefficient (Wildman–Crippen LogP) is 4.26. The van der Waals surface area contributed by atoms with Crippen molar-refractivity contribution in [3.05, 3.63) is 64.4 Å². The van der Waals surface area contributed by atoms with E-state index in [1.54, 1.807) is 18.2 Å². The van der Waals surface area contributed by atoms with Crippen LogP contribution in [0.4, 0.5) is 10.1 Å². The van der Waals surface area contributed by atoms with Crippen LogP contribution in [0.3, 0.4) is 0 Å². The van der Waals surface area contributed by atoms with Gasteiger partial charge in [0.05, 0.1) is 10.7 Å². The van der Waals surface area contributed by atoms with Gasteiger partial charge in [-0.05, 0) is 69.4 Å². The maximum Gasteiger partial charge on any atom is 0.255 e. The number of hydrogen-bond donors (Lipinski definition) is 1. The number of carbonyl (C=O) groups is 2. The number of nitrogens with one attached hydrogen (secondary N) is 1. The Morgan fingerprint density at radius 3 is 2.42 bits per heavy atom. The molecule has 1 fully saturated rings. The van der Waals surface area contributed by atoms with Gasteiger partial charge in [0.1, 0.15) is 5.82 Å². The summed E-state index contributed by atoms with van der Waals surface area (Å²) in [4.78, 5) is 27.3. The second-order valence-corrected chi connectivity index (χ2v) is 6.95. The van der Waals surface area contributed by atoms with Gasteiger partial charge in [-0.15, -0.1) is 0 Å². The molecule has 0 aliphatic carbocycles. The molecule has 0 atom stereocenters. The minimum Gasteiger partial charge on any atom is -0.321 e. The highest BCUT2D eigenvalue weighted by molar-refractivity contribution is 6.37. The molecule has 4 nitrogen and oxygen atoms in total. The highest BCUT2D eigenvalue weighted by atomic mass is 35.5. The first-order valence-electron chi connectivity index (χ1n) is 8.54. The van der Waals surface area contributed by atoms with E-state index in [4.69, 9.17) is 11.6 Å². The van der Waals surface area contributed by atoms with Crippen molar-refractivity contribution in [1.82, 2.24) is 4.90 Å². The van der Waals surface area contributed by atoms with Crippen LogP contribution in [0.5, 0.6) is 0 Å². The predicted molar refractivity (Wildman–Crippen MR) is 100 cm³/mol. The lowest BCUT2D eigenvalue weighted by Gasteiger charge is -2.28. The number of amides is 1. The van der Waals surface area contributed by atoms with Crippen LogP contribution >= 0.6 is 11.6 Å². The lowest BCUT2D eigenvalue weighted by molar-refractivity contribution is 0.0856. The summed E-state index contributed by atoms with van der Waals surface area (Å²) in [7, 11) is 2.04. The fraction of sp³-hybridized carbons (Fsp3) is 0.300. The molecule has 0 saturated carbocycles. The lowest BCUT2D eigenvalue weighted by Crippen LogP contribution is -2.33. The van der Waals surface area contributed by atoms with Crippen LogP contribution in [0.2, 0.25) is 5.02 Å². The van der Waals surface area contributed by atoms with E-state index >= 15 is 0 Å². The monoisotopic (exact) mass is 374 g/mol. The fourth-order valence-electron chi connectivity index (χ4n) is 3.11. The molecule has 6 heteroatoms. The number of likely N-dealkylation sites (tertiary alicyclic amines) is 1. The summed E-state index contributed by atoms with van der Waals surface area (Å²) < 4.78 is 13.0. The number of Topliss-reactive ketones (excluding diaryl/α,β-unsaturated/α-hetero) is 1. The molecule has 1 heterocycles. The van der Waals surface area contributed by atoms with Crippen LogP contribution in [0.25, 0.3) is 0 Å². The molecule has 0 radical (unpaired) electrons. The van der Waals surface area contributed by atoms with E-state index in [2.05, 4.69) is 10.2 Å². The Hall–Kier alpha value is -2.24. The summed E-state index contributed by atoms with van der Waals surface area (Å²) in [6.45, 7) is 1.77. The number of rotatable bonds is 4. The first-order chi connectivity index (χ1) is 12.5. The number of anilines is 1. The maximum absolute atomic E-state index is 13.0. The minimum atomic E-state index is -0.412. The third kappa shape index (κ3) is 4.11. The standard InChI is InChI=1S/C20H20ClFN2O2/c1-24-11-9-13(10-12-24)19(25)16-3-2-4-17(18(16)21)23-20(26)14-5-7-15(22)8-6-14/h2-8,13H,9-12H2,1H3,(H,23,26). The Kier molecular flexibility index (Phi) is 5.69. The molecule has 1 N–H and O–H groups in total. The lowest BCUT2D eigenvalue weighted by atomic mass is 9.89. The molecule has 0 aromatic heterocycles. The van der Waals surface area contributed by atoms with Gasteiger partial charge in [0, 0.05) is 17.0 Å². The molecule has 0 unspecified atom stereocenters. The Balaban J connectivity index is 1.77. The first kappa shape index (κ1) is 18.5. The summed E-state index contributed by atoms with van der Waals surface area (Å²) in [5, 5.41) is 2.94. The molecule has 136 valence electrons. The summed E-state index contributed by atoms with van der Waals surface area (Å²) in [6.07, 6.45) is 1.61. The zero-order valence-corrected chi connectivity index (χ0v) is 15.2. The number of carbonyl (C=O) groups excluding carboxylic acids is 2. The number of piperidine rings is 1. The van der Waals surface area contributed by atoms with Gasteiger partial charge in [-0.3, -0.25) is 9.59 Å². The molecule has 3 rings (SSSR count). The van der Waals surface area contributed by atoms with Crippen LogP contribution in [0.1, 0.15) is 33.6 Å². The van der Waals surface area contributed by atoms with Crippen LogP contribution in [-0.2, 0) is 0 Å². The van der Waals surface area contributed by atoms with E-state index in [0.717, 1.165) is 25.9 Å². The first-order valence-corrected chi connectivity index (χ1v) is 8.91. The van der Waals surface area contributed by atoms with Crippen molar-refractivity contribution in [2.45, 2.75) is 12.8 Å². The highest BCUT2D eigenvalue weighted by Gasteiger charge is 2.26. The fourth-order valence-corrected chi connectivity index (χ4v) is 3.37. The van der Waals surface area contributed by atoms with Crippen molar-refractivity contribution in [3.8, 4) is 0 Å². The van der Waals surface area contributed by atoms with Crippen molar-refractivity contribution in [2.24, 2.45) is 5.92 Å². The Labute approximate surface area is 157 Å². The molecule has 1 aliphatic heterocycles. The van der Waals surface area contributed by atoms with Gasteiger partial charge in [-0.2, -0.15) is 0 Å². The highest BCUT2D eigenvalue weighted by Crippen LogP contribution is 2.30. The summed E-state index contributed by atoms with van der Waals surface area (Å²) in [6, 6.07) is 10.3. The molecule has 0 bridgehead atoms. The van der Waals surface area contributed by atoms with Gasteiger partial charge in [-0.1, -0.05) is 17.7 Å². The molecular formula is C20H20ClFN2O2. The van der Waals surface area contributed by atoms with Gasteiger partial charge < -0.3 is 10.2 Å². The van der Waals surface area contributed by atoms with Crippen LogP contribution < -0.4 is 5.32 Å². The number of benzene rings is 2. The quantitative estimate of drug-likeness (QED) is 0.813. The van der Waals surface area contributed by atoms with Crippen LogP contribution in [0.15, 0.2) is 42.5 Å². The number of nitrogens with zero attached hydrogens (tertiary/aromatic N) is 1. The third-order valence-corrected chi connectivity index (χ3v) is 5.12. The molecule has 1 amide bonds. The molecule has 26 heavy (non-hydrogen) atoms. The van der Waals surface area contributed by atoms with Crippen molar-refractivity contribution in [2.75, 3.05) is 25.5 Å². The normalized spacial score (nSPS) is 15.7. The van der Waals surface area contributed by atoms with Crippen LogP contribution in [-0.4, -0.2) is 36.7 Å². The topological polar surface area (TPSA) is 49.4 Å². The van der Waals surface area contributed by atoms with E-state index in [9.17, 15) is 14.0 Å². The van der Waals surface area contributed by atoms with Gasteiger partial charge in [0.2, 0.25) is 0 Å². The second kappa shape index (κ2) is 7.98. The molecule has 2 aromatic rings. The zero-order valence-electron chi connectivity index (χ0n) is 14.5. The zero-order chi connectivity index (χ0) is 18.7. The summed E-state index contributed by atoms with van der Waals surface area (Å²) >= 11 is 6.40. The number of ketones is 1.